The van der Waals surface area contributed by atoms with Crippen molar-refractivity contribution in [2.45, 2.75) is 0 Å². The van der Waals surface area contributed by atoms with Crippen LogP contribution < -0.4 is 10.5 Å². The molecule has 0 saturated heterocycles. The minimum Gasteiger partial charge on any atom is -0.478 e. The summed E-state index contributed by atoms with van der Waals surface area (Å²) in [5.74, 6) is -0.201. The molecule has 0 bridgehead atoms. The SMILES string of the molecule is Nc1cc(C(=O)O)ccc1Oc1ccccc1Cl. The lowest BCUT2D eigenvalue weighted by Crippen LogP contribution is -1.99. The van der Waals surface area contributed by atoms with Crippen LogP contribution >= 0.6 is 11.6 Å². The van der Waals surface area contributed by atoms with Crippen molar-refractivity contribution >= 4 is 23.3 Å². The van der Waals surface area contributed by atoms with Crippen LogP contribution in [0.3, 0.4) is 0 Å². The molecule has 0 heterocycles. The van der Waals surface area contributed by atoms with E-state index in [1.54, 1.807) is 24.3 Å². The first-order valence-corrected chi connectivity index (χ1v) is 5.51. The first kappa shape index (κ1) is 12.3. The summed E-state index contributed by atoms with van der Waals surface area (Å²) in [6.45, 7) is 0. The van der Waals surface area contributed by atoms with E-state index in [-0.39, 0.29) is 11.3 Å². The standard InChI is InChI=1S/C13H10ClNO3/c14-9-3-1-2-4-11(9)18-12-6-5-8(13(16)17)7-10(12)15/h1-7H,15H2,(H,16,17). The molecule has 0 fully saturated rings. The zero-order valence-electron chi connectivity index (χ0n) is 9.26. The quantitative estimate of drug-likeness (QED) is 0.833. The lowest BCUT2D eigenvalue weighted by atomic mass is 10.2. The van der Waals surface area contributed by atoms with Gasteiger partial charge in [-0.1, -0.05) is 23.7 Å². The number of carboxylic acid groups (broad SMARTS) is 1. The van der Waals surface area contributed by atoms with E-state index in [0.717, 1.165) is 0 Å². The van der Waals surface area contributed by atoms with E-state index in [4.69, 9.17) is 27.2 Å². The Kier molecular flexibility index (Phi) is 3.39. The van der Waals surface area contributed by atoms with E-state index in [9.17, 15) is 4.79 Å². The molecule has 2 rings (SSSR count). The van der Waals surface area contributed by atoms with E-state index < -0.39 is 5.97 Å². The number of nitrogens with two attached hydrogens (primary N) is 1. The Bertz CT molecular complexity index is 599. The molecular formula is C13H10ClNO3. The highest BCUT2D eigenvalue weighted by molar-refractivity contribution is 6.32. The Morgan fingerprint density at radius 1 is 1.17 bits per heavy atom. The van der Waals surface area contributed by atoms with Gasteiger partial charge in [-0.2, -0.15) is 0 Å². The predicted octanol–water partition coefficient (Wildman–Crippen LogP) is 3.41. The van der Waals surface area contributed by atoms with Gasteiger partial charge in [-0.25, -0.2) is 4.79 Å². The Balaban J connectivity index is 2.30. The van der Waals surface area contributed by atoms with Gasteiger partial charge in [0.05, 0.1) is 16.3 Å². The summed E-state index contributed by atoms with van der Waals surface area (Å²) in [5.41, 5.74) is 6.08. The van der Waals surface area contributed by atoms with Crippen molar-refractivity contribution in [1.82, 2.24) is 0 Å². The minimum atomic E-state index is -1.04. The van der Waals surface area contributed by atoms with Crippen LogP contribution in [0.15, 0.2) is 42.5 Å². The number of anilines is 1. The van der Waals surface area contributed by atoms with Gasteiger partial charge in [0.2, 0.25) is 0 Å². The van der Waals surface area contributed by atoms with Gasteiger partial charge >= 0.3 is 5.97 Å². The smallest absolute Gasteiger partial charge is 0.335 e. The van der Waals surface area contributed by atoms with Crippen molar-refractivity contribution in [3.8, 4) is 11.5 Å². The van der Waals surface area contributed by atoms with E-state index >= 15 is 0 Å². The fraction of sp³-hybridized carbons (Fsp3) is 0. The summed E-state index contributed by atoms with van der Waals surface area (Å²) >= 11 is 5.95. The lowest BCUT2D eigenvalue weighted by Gasteiger charge is -2.10. The number of nitrogen functional groups attached to an aromatic ring is 1. The van der Waals surface area contributed by atoms with Crippen molar-refractivity contribution in [1.29, 1.82) is 0 Å². The van der Waals surface area contributed by atoms with Crippen LogP contribution in [0.2, 0.25) is 5.02 Å². The van der Waals surface area contributed by atoms with Crippen LogP contribution in [0, 0.1) is 0 Å². The normalized spacial score (nSPS) is 10.1. The predicted molar refractivity (Wildman–Crippen MR) is 69.3 cm³/mol. The highest BCUT2D eigenvalue weighted by Gasteiger charge is 2.09. The number of ether oxygens (including phenoxy) is 1. The van der Waals surface area contributed by atoms with Gasteiger partial charge in [0, 0.05) is 0 Å². The zero-order valence-corrected chi connectivity index (χ0v) is 10.0. The van der Waals surface area contributed by atoms with Gasteiger partial charge in [-0.05, 0) is 30.3 Å². The van der Waals surface area contributed by atoms with Crippen LogP contribution in [-0.4, -0.2) is 11.1 Å². The van der Waals surface area contributed by atoms with E-state index in [0.29, 0.717) is 16.5 Å². The number of hydrogen-bond donors (Lipinski definition) is 2. The number of carboxylic acids is 1. The number of para-hydroxylation sites is 1. The van der Waals surface area contributed by atoms with Gasteiger partial charge in [-0.3, -0.25) is 0 Å². The number of carbonyl (C=O) groups is 1. The van der Waals surface area contributed by atoms with E-state index in [1.165, 1.54) is 18.2 Å². The van der Waals surface area contributed by atoms with Crippen molar-refractivity contribution in [3.05, 3.63) is 53.1 Å². The van der Waals surface area contributed by atoms with Gasteiger partial charge < -0.3 is 15.6 Å². The largest absolute Gasteiger partial charge is 0.478 e. The Morgan fingerprint density at radius 3 is 2.50 bits per heavy atom. The van der Waals surface area contributed by atoms with Crippen LogP contribution in [-0.2, 0) is 0 Å². The van der Waals surface area contributed by atoms with Crippen LogP contribution in [0.4, 0.5) is 5.69 Å². The second-order valence-electron chi connectivity index (χ2n) is 3.59. The second kappa shape index (κ2) is 4.98. The summed E-state index contributed by atoms with van der Waals surface area (Å²) in [6, 6.07) is 11.2. The molecular weight excluding hydrogens is 254 g/mol. The third-order valence-electron chi connectivity index (χ3n) is 2.31. The maximum Gasteiger partial charge on any atom is 0.335 e. The molecule has 0 amide bonds. The number of rotatable bonds is 3. The van der Waals surface area contributed by atoms with E-state index in [1.807, 2.05) is 0 Å². The first-order chi connectivity index (χ1) is 8.58. The lowest BCUT2D eigenvalue weighted by molar-refractivity contribution is 0.0697. The van der Waals surface area contributed by atoms with Crippen molar-refractivity contribution < 1.29 is 14.6 Å². The summed E-state index contributed by atoms with van der Waals surface area (Å²) in [4.78, 5) is 10.8. The number of hydrogen-bond acceptors (Lipinski definition) is 3. The molecule has 2 aromatic carbocycles. The average Bonchev–Trinajstić information content (AvgIpc) is 2.34. The molecule has 0 aromatic heterocycles. The minimum absolute atomic E-state index is 0.110. The van der Waals surface area contributed by atoms with Crippen molar-refractivity contribution in [2.24, 2.45) is 0 Å². The Morgan fingerprint density at radius 2 is 1.89 bits per heavy atom. The maximum atomic E-state index is 10.8. The molecule has 18 heavy (non-hydrogen) atoms. The molecule has 92 valence electrons. The molecule has 5 heteroatoms. The van der Waals surface area contributed by atoms with Gasteiger partial charge in [0.15, 0.2) is 0 Å². The van der Waals surface area contributed by atoms with Crippen molar-refractivity contribution in [3.63, 3.8) is 0 Å². The molecule has 0 saturated carbocycles. The van der Waals surface area contributed by atoms with Crippen LogP contribution in [0.5, 0.6) is 11.5 Å². The third-order valence-corrected chi connectivity index (χ3v) is 2.63. The number of aromatic carboxylic acids is 1. The van der Waals surface area contributed by atoms with E-state index in [2.05, 4.69) is 0 Å². The molecule has 0 atom stereocenters. The molecule has 2 aromatic rings. The summed E-state index contributed by atoms with van der Waals surface area (Å²) in [5, 5.41) is 9.27. The molecule has 0 aliphatic heterocycles. The molecule has 0 aliphatic rings. The molecule has 0 unspecified atom stereocenters. The highest BCUT2D eigenvalue weighted by Crippen LogP contribution is 2.32. The maximum absolute atomic E-state index is 10.8. The molecule has 4 nitrogen and oxygen atoms in total. The summed E-state index contributed by atoms with van der Waals surface area (Å²) in [7, 11) is 0. The highest BCUT2D eigenvalue weighted by atomic mass is 35.5. The topological polar surface area (TPSA) is 72.6 Å². The van der Waals surface area contributed by atoms with Gasteiger partial charge in [0.25, 0.3) is 0 Å². The van der Waals surface area contributed by atoms with Crippen LogP contribution in [0.25, 0.3) is 0 Å². The fourth-order valence-corrected chi connectivity index (χ4v) is 1.59. The number of benzene rings is 2. The Labute approximate surface area is 109 Å². The van der Waals surface area contributed by atoms with Crippen LogP contribution in [0.1, 0.15) is 10.4 Å². The monoisotopic (exact) mass is 263 g/mol. The molecule has 3 N–H and O–H groups in total. The molecule has 0 aliphatic carbocycles. The summed E-state index contributed by atoms with van der Waals surface area (Å²) < 4.78 is 5.52. The second-order valence-corrected chi connectivity index (χ2v) is 4.00. The zero-order chi connectivity index (χ0) is 13.1. The van der Waals surface area contributed by atoms with Crippen molar-refractivity contribution in [2.75, 3.05) is 5.73 Å². The number of halogens is 1. The third kappa shape index (κ3) is 2.55. The Hall–Kier alpha value is -2.20. The van der Waals surface area contributed by atoms with Gasteiger partial charge in [-0.15, -0.1) is 0 Å². The summed E-state index contributed by atoms with van der Waals surface area (Å²) in [6.07, 6.45) is 0. The average molecular weight is 264 g/mol. The fourth-order valence-electron chi connectivity index (χ4n) is 1.42. The molecule has 0 radical (unpaired) electrons. The van der Waals surface area contributed by atoms with Gasteiger partial charge in [0.1, 0.15) is 11.5 Å². The first-order valence-electron chi connectivity index (χ1n) is 5.13. The molecule has 0 spiro atoms.